The van der Waals surface area contributed by atoms with Gasteiger partial charge in [-0.25, -0.2) is 24.9 Å². The summed E-state index contributed by atoms with van der Waals surface area (Å²) >= 11 is 1.80. The van der Waals surface area contributed by atoms with Crippen molar-refractivity contribution in [2.45, 2.75) is 0 Å². The van der Waals surface area contributed by atoms with Gasteiger partial charge in [-0.2, -0.15) is 0 Å². The third-order valence-electron chi connectivity index (χ3n) is 9.78. The molecule has 5 nitrogen and oxygen atoms in total. The third kappa shape index (κ3) is 6.24. The van der Waals surface area contributed by atoms with Gasteiger partial charge < -0.3 is 0 Å². The molecule has 7 aromatic carbocycles. The Bertz CT molecular complexity index is 2830. The van der Waals surface area contributed by atoms with E-state index >= 15 is 0 Å². The summed E-state index contributed by atoms with van der Waals surface area (Å²) in [5, 5.41) is 2.32. The van der Waals surface area contributed by atoms with Crippen LogP contribution in [-0.2, 0) is 0 Å². The quantitative estimate of drug-likeness (QED) is 0.164. The molecule has 0 N–H and O–H groups in total. The van der Waals surface area contributed by atoms with E-state index in [2.05, 4.69) is 91.0 Å². The first-order valence-corrected chi connectivity index (χ1v) is 19.0. The van der Waals surface area contributed by atoms with Gasteiger partial charge in [0.05, 0.1) is 11.4 Å². The van der Waals surface area contributed by atoms with E-state index in [9.17, 15) is 0 Å². The van der Waals surface area contributed by atoms with Crippen LogP contribution in [0.1, 0.15) is 0 Å². The molecule has 0 amide bonds. The fraction of sp³-hybridized carbons (Fsp3) is 0. The maximum atomic E-state index is 5.08. The van der Waals surface area contributed by atoms with Crippen molar-refractivity contribution in [3.8, 4) is 79.2 Å². The van der Waals surface area contributed by atoms with Crippen LogP contribution >= 0.6 is 11.3 Å². The van der Waals surface area contributed by atoms with Crippen LogP contribution in [0, 0.1) is 0 Å². The van der Waals surface area contributed by atoms with Gasteiger partial charge in [0.2, 0.25) is 0 Å². The Morgan fingerprint density at radius 1 is 0.309 bits per heavy atom. The summed E-state index contributed by atoms with van der Waals surface area (Å²) in [4.78, 5) is 25.2. The predicted octanol–water partition coefficient (Wildman–Crippen LogP) is 12.7. The lowest BCUT2D eigenvalue weighted by molar-refractivity contribution is 1.08. The van der Waals surface area contributed by atoms with Gasteiger partial charge in [0.25, 0.3) is 0 Å². The van der Waals surface area contributed by atoms with Crippen molar-refractivity contribution in [1.82, 2.24) is 24.9 Å². The van der Waals surface area contributed by atoms with Crippen molar-refractivity contribution < 1.29 is 0 Å². The molecule has 0 unspecified atom stereocenters. The van der Waals surface area contributed by atoms with Crippen LogP contribution in [0.4, 0.5) is 0 Å². The number of nitrogens with zero attached hydrogens (tertiary/aromatic N) is 5. The van der Waals surface area contributed by atoms with Crippen LogP contribution in [0.2, 0.25) is 0 Å². The maximum Gasteiger partial charge on any atom is 0.164 e. The summed E-state index contributed by atoms with van der Waals surface area (Å²) in [6, 6.07) is 64.5. The van der Waals surface area contributed by atoms with E-state index in [1.807, 2.05) is 97.1 Å². The fourth-order valence-corrected chi connectivity index (χ4v) is 8.34. The van der Waals surface area contributed by atoms with Crippen LogP contribution in [0.15, 0.2) is 188 Å². The molecule has 3 heterocycles. The lowest BCUT2D eigenvalue weighted by Crippen LogP contribution is -2.00. The maximum absolute atomic E-state index is 5.08. The average Bonchev–Trinajstić information content (AvgIpc) is 3.67. The smallest absolute Gasteiger partial charge is 0.164 e. The van der Waals surface area contributed by atoms with Crippen LogP contribution in [0.3, 0.4) is 0 Å². The summed E-state index contributed by atoms with van der Waals surface area (Å²) in [6.45, 7) is 0. The first kappa shape index (κ1) is 32.5. The second-order valence-corrected chi connectivity index (χ2v) is 14.3. The topological polar surface area (TPSA) is 64.5 Å². The minimum absolute atomic E-state index is 0.649. The van der Waals surface area contributed by atoms with Gasteiger partial charge in [0, 0.05) is 53.6 Å². The molecule has 0 aliphatic carbocycles. The highest BCUT2D eigenvalue weighted by Crippen LogP contribution is 2.44. The molecule has 10 rings (SSSR count). The summed E-state index contributed by atoms with van der Waals surface area (Å²) in [5.74, 6) is 2.64. The number of thiophene rings is 1. The molecule has 10 aromatic rings. The van der Waals surface area contributed by atoms with Gasteiger partial charge in [-0.15, -0.1) is 11.3 Å². The largest absolute Gasteiger partial charge is 0.228 e. The zero-order valence-corrected chi connectivity index (χ0v) is 30.4. The van der Waals surface area contributed by atoms with E-state index in [1.165, 1.54) is 20.3 Å². The summed E-state index contributed by atoms with van der Waals surface area (Å²) < 4.78 is 2.39. The van der Waals surface area contributed by atoms with Gasteiger partial charge in [0.15, 0.2) is 23.3 Å². The normalized spacial score (nSPS) is 11.3. The van der Waals surface area contributed by atoms with Crippen molar-refractivity contribution >= 4 is 31.5 Å². The lowest BCUT2D eigenvalue weighted by atomic mass is 9.99. The highest BCUT2D eigenvalue weighted by Gasteiger charge is 2.19. The molecular formula is C49H31N5S. The Morgan fingerprint density at radius 3 is 1.31 bits per heavy atom. The average molecular weight is 722 g/mol. The molecule has 0 spiro atoms. The number of hydrogen-bond donors (Lipinski definition) is 0. The summed E-state index contributed by atoms with van der Waals surface area (Å²) in [5.41, 5.74) is 10.0. The van der Waals surface area contributed by atoms with Crippen molar-refractivity contribution in [2.75, 3.05) is 0 Å². The Morgan fingerprint density at radius 2 is 0.745 bits per heavy atom. The van der Waals surface area contributed by atoms with Crippen LogP contribution in [0.5, 0.6) is 0 Å². The van der Waals surface area contributed by atoms with Gasteiger partial charge in [0.1, 0.15) is 0 Å². The molecule has 0 aliphatic rings. The zero-order valence-electron chi connectivity index (χ0n) is 29.5. The molecule has 0 fully saturated rings. The highest BCUT2D eigenvalue weighted by molar-refractivity contribution is 7.26. The Balaban J connectivity index is 1.07. The van der Waals surface area contributed by atoms with Gasteiger partial charge in [-0.1, -0.05) is 176 Å². The minimum Gasteiger partial charge on any atom is -0.228 e. The summed E-state index contributed by atoms with van der Waals surface area (Å²) in [6.07, 6.45) is 0. The zero-order chi connectivity index (χ0) is 36.6. The van der Waals surface area contributed by atoms with Crippen molar-refractivity contribution in [1.29, 1.82) is 0 Å². The predicted molar refractivity (Wildman–Crippen MR) is 226 cm³/mol. The Kier molecular flexibility index (Phi) is 8.28. The molecule has 6 heteroatoms. The molecule has 0 aliphatic heterocycles. The molecule has 3 aromatic heterocycles. The molecule has 0 bridgehead atoms. The molecule has 258 valence electrons. The molecule has 0 saturated heterocycles. The van der Waals surface area contributed by atoms with E-state index in [1.54, 1.807) is 11.3 Å². The number of fused-ring (bicyclic) bond motifs is 3. The second-order valence-electron chi connectivity index (χ2n) is 13.3. The molecular weight excluding hydrogens is 691 g/mol. The number of hydrogen-bond acceptors (Lipinski definition) is 6. The van der Waals surface area contributed by atoms with Crippen LogP contribution in [0.25, 0.3) is 99.4 Å². The van der Waals surface area contributed by atoms with Crippen LogP contribution < -0.4 is 0 Å². The molecule has 0 saturated carbocycles. The first-order chi connectivity index (χ1) is 27.2. The summed E-state index contributed by atoms with van der Waals surface area (Å²) in [7, 11) is 0. The van der Waals surface area contributed by atoms with Gasteiger partial charge in [-0.3, -0.25) is 0 Å². The van der Waals surface area contributed by atoms with Gasteiger partial charge in [-0.05, 0) is 23.3 Å². The second kappa shape index (κ2) is 14.0. The molecule has 0 atom stereocenters. The number of aromatic nitrogens is 5. The van der Waals surface area contributed by atoms with Gasteiger partial charge >= 0.3 is 0 Å². The van der Waals surface area contributed by atoms with E-state index in [4.69, 9.17) is 24.9 Å². The number of benzene rings is 7. The van der Waals surface area contributed by atoms with Crippen molar-refractivity contribution in [3.05, 3.63) is 188 Å². The van der Waals surface area contributed by atoms with E-state index in [0.29, 0.717) is 23.3 Å². The van der Waals surface area contributed by atoms with E-state index in [0.717, 1.165) is 55.7 Å². The lowest BCUT2D eigenvalue weighted by Gasteiger charge is -2.10. The third-order valence-corrected chi connectivity index (χ3v) is 11.0. The van der Waals surface area contributed by atoms with Crippen LogP contribution in [-0.4, -0.2) is 24.9 Å². The SMILES string of the molecule is c1ccc(-c2cc(-c3ccccc3)nc(-c3ccc(-c4cccc5c4sc4cccc(-c6nc(-c7ccccc7)nc(-c7ccccc7)n6)c45)cc3)n2)cc1. The standard InChI is InChI=1S/C49H31N5S/c1-5-15-33(16-6-1)41-31-42(34-17-7-2-8-18-34)51-46(50-41)37-29-27-32(28-30-37)38-23-13-24-39-44-40(25-14-26-43(44)55-45(38)39)49-53-47(35-19-9-3-10-20-35)52-48(54-49)36-21-11-4-12-22-36/h1-31H. The van der Waals surface area contributed by atoms with Crippen molar-refractivity contribution in [3.63, 3.8) is 0 Å². The molecule has 55 heavy (non-hydrogen) atoms. The van der Waals surface area contributed by atoms with E-state index < -0.39 is 0 Å². The Labute approximate surface area is 322 Å². The fourth-order valence-electron chi connectivity index (χ4n) is 7.08. The molecule has 0 radical (unpaired) electrons. The minimum atomic E-state index is 0.649. The van der Waals surface area contributed by atoms with Crippen molar-refractivity contribution in [2.24, 2.45) is 0 Å². The Hall–Kier alpha value is -7.15. The monoisotopic (exact) mass is 721 g/mol. The van der Waals surface area contributed by atoms with E-state index in [-0.39, 0.29) is 0 Å². The first-order valence-electron chi connectivity index (χ1n) is 18.2. The number of rotatable bonds is 7. The highest BCUT2D eigenvalue weighted by atomic mass is 32.1.